The van der Waals surface area contributed by atoms with E-state index in [2.05, 4.69) is 48.4 Å². The van der Waals surface area contributed by atoms with Gasteiger partial charge in [0.05, 0.1) is 6.20 Å². The van der Waals surface area contributed by atoms with Crippen LogP contribution in [0, 0.1) is 0 Å². The molecule has 0 saturated carbocycles. The van der Waals surface area contributed by atoms with E-state index in [9.17, 15) is 35.9 Å². The molecule has 21 heteroatoms. The molecule has 0 unspecified atom stereocenters. The molecule has 1 fully saturated rings. The van der Waals surface area contributed by atoms with Crippen molar-refractivity contribution in [2.24, 2.45) is 0 Å². The number of rotatable bonds is 3. The summed E-state index contributed by atoms with van der Waals surface area (Å²) in [4.78, 5) is 58.2. The smallest absolute Gasteiger partial charge is 0.475 e. The lowest BCUT2D eigenvalue weighted by molar-refractivity contribution is -0.193. The van der Waals surface area contributed by atoms with Gasteiger partial charge in [-0.15, -0.1) is 0 Å². The van der Waals surface area contributed by atoms with Crippen molar-refractivity contribution in [3.05, 3.63) is 94.9 Å². The number of carbonyl (C=O) groups excluding carboxylic acids is 2. The zero-order valence-corrected chi connectivity index (χ0v) is 28.3. The van der Waals surface area contributed by atoms with Gasteiger partial charge in [0.1, 0.15) is 10.7 Å². The summed E-state index contributed by atoms with van der Waals surface area (Å²) in [5.41, 5.74) is 4.88. The SMILES string of the molecule is O=C(Nc1ccc2cc1CCc1cccc(c1)Nc1ncc(Cl)c(n1)N2)N[C@H]1CCN(C(=O)c2ccccn2)C1.O=C(O)C(F)(F)F.O=C(O)C(F)(F)F. The Kier molecular flexibility index (Phi) is 13.2. The van der Waals surface area contributed by atoms with E-state index in [4.69, 9.17) is 31.4 Å². The summed E-state index contributed by atoms with van der Waals surface area (Å²) in [5, 5.41) is 27.2. The number of pyridine rings is 1. The van der Waals surface area contributed by atoms with E-state index >= 15 is 0 Å². The van der Waals surface area contributed by atoms with Crippen LogP contribution in [0.1, 0.15) is 28.0 Å². The van der Waals surface area contributed by atoms with Crippen LogP contribution in [-0.2, 0) is 22.4 Å². The zero-order chi connectivity index (χ0) is 39.6. The summed E-state index contributed by atoms with van der Waals surface area (Å²) in [6.07, 6.45) is -4.87. The standard InChI is InChI=1S/C29H27ClN8O2.2C2HF3O2/c30-23-16-32-28-34-20-5-3-4-18(14-20)7-8-19-15-21(33-26(23)37-28)9-10-24(19)36-29(40)35-22-11-13-38(17-22)27(39)25-6-1-2-12-31-25;2*3-2(4,5)1(6)7/h1-6,9-10,12,14-16,22H,7-8,11,13,17H2,(H2,35,36,40)(H2,32,33,34,37);2*(H,6,7)/t22-;;/m0../s1. The Morgan fingerprint density at radius 2 is 1.54 bits per heavy atom. The van der Waals surface area contributed by atoms with Crippen LogP contribution in [0.15, 0.2) is 73.1 Å². The maximum atomic E-state index is 13.0. The largest absolute Gasteiger partial charge is 0.490 e. The molecule has 0 radical (unpaired) electrons. The quantitative estimate of drug-likeness (QED) is 0.126. The van der Waals surface area contributed by atoms with Crippen LogP contribution in [-0.4, -0.2) is 85.4 Å². The van der Waals surface area contributed by atoms with Crippen LogP contribution in [0.4, 0.5) is 60.0 Å². The number of nitrogens with one attached hydrogen (secondary N) is 4. The fourth-order valence-corrected chi connectivity index (χ4v) is 5.06. The van der Waals surface area contributed by atoms with Crippen molar-refractivity contribution in [3.63, 3.8) is 0 Å². The number of aryl methyl sites for hydroxylation is 2. The first-order valence-corrected chi connectivity index (χ1v) is 15.9. The molecule has 4 aromatic rings. The molecule has 286 valence electrons. The van der Waals surface area contributed by atoms with Gasteiger partial charge in [-0.25, -0.2) is 19.4 Å². The van der Waals surface area contributed by atoms with Gasteiger partial charge in [-0.1, -0.05) is 29.8 Å². The molecule has 6 rings (SSSR count). The number of urea groups is 1. The van der Waals surface area contributed by atoms with Crippen LogP contribution < -0.4 is 21.3 Å². The summed E-state index contributed by atoms with van der Waals surface area (Å²) >= 11 is 6.37. The Labute approximate surface area is 306 Å². The normalized spacial score (nSPS) is 14.7. The summed E-state index contributed by atoms with van der Waals surface area (Å²) in [6.45, 7) is 0.998. The molecule has 4 heterocycles. The highest BCUT2D eigenvalue weighted by Crippen LogP contribution is 2.29. The average Bonchev–Trinajstić information content (AvgIpc) is 3.57. The van der Waals surface area contributed by atoms with Gasteiger partial charge in [-0.05, 0) is 72.9 Å². The van der Waals surface area contributed by atoms with E-state index in [1.165, 1.54) is 0 Å². The number of fused-ring (bicyclic) bond motifs is 6. The fourth-order valence-electron chi connectivity index (χ4n) is 4.92. The summed E-state index contributed by atoms with van der Waals surface area (Å²) in [6, 6.07) is 18.6. The van der Waals surface area contributed by atoms with Gasteiger partial charge in [0.2, 0.25) is 5.95 Å². The number of hydrogen-bond donors (Lipinski definition) is 6. The molecule has 0 spiro atoms. The Hall–Kier alpha value is -6.18. The molecule has 6 bridgehead atoms. The molecular weight excluding hydrogens is 754 g/mol. The fraction of sp³-hybridized carbons (Fsp3) is 0.242. The van der Waals surface area contributed by atoms with E-state index in [0.717, 1.165) is 28.9 Å². The van der Waals surface area contributed by atoms with Crippen molar-refractivity contribution in [2.45, 2.75) is 37.7 Å². The molecule has 54 heavy (non-hydrogen) atoms. The topological polar surface area (TPSA) is 199 Å². The number of amides is 3. The highest BCUT2D eigenvalue weighted by atomic mass is 35.5. The number of benzene rings is 2. The van der Waals surface area contributed by atoms with Crippen LogP contribution in [0.5, 0.6) is 0 Å². The molecular formula is C33H29ClF6N8O6. The number of carboxylic acid groups (broad SMARTS) is 2. The summed E-state index contributed by atoms with van der Waals surface area (Å²) < 4.78 is 63.5. The maximum absolute atomic E-state index is 13.0. The minimum atomic E-state index is -5.08. The second-order valence-corrected chi connectivity index (χ2v) is 11.8. The van der Waals surface area contributed by atoms with Crippen molar-refractivity contribution in [1.82, 2.24) is 25.2 Å². The lowest BCUT2D eigenvalue weighted by atomic mass is 10.0. The number of anilines is 5. The molecule has 6 N–H and O–H groups in total. The van der Waals surface area contributed by atoms with Crippen molar-refractivity contribution in [3.8, 4) is 0 Å². The molecule has 2 aliphatic heterocycles. The third kappa shape index (κ3) is 11.9. The highest BCUT2D eigenvalue weighted by molar-refractivity contribution is 6.32. The van der Waals surface area contributed by atoms with E-state index in [1.54, 1.807) is 35.5 Å². The molecule has 2 aromatic heterocycles. The van der Waals surface area contributed by atoms with Crippen molar-refractivity contribution >= 4 is 64.3 Å². The number of carbonyl (C=O) groups is 4. The molecule has 1 atom stereocenters. The second-order valence-electron chi connectivity index (χ2n) is 11.4. The number of hydrogen-bond acceptors (Lipinski definition) is 9. The number of likely N-dealkylation sites (tertiary alicyclic amines) is 1. The number of aromatic nitrogens is 3. The monoisotopic (exact) mass is 782 g/mol. The molecule has 2 aromatic carbocycles. The number of halogens is 7. The van der Waals surface area contributed by atoms with Crippen LogP contribution >= 0.6 is 11.6 Å². The number of nitrogens with zero attached hydrogens (tertiary/aromatic N) is 4. The van der Waals surface area contributed by atoms with Gasteiger partial charge in [-0.2, -0.15) is 31.3 Å². The minimum Gasteiger partial charge on any atom is -0.475 e. The Morgan fingerprint density at radius 3 is 2.19 bits per heavy atom. The van der Waals surface area contributed by atoms with Crippen LogP contribution in [0.3, 0.4) is 0 Å². The van der Waals surface area contributed by atoms with Crippen LogP contribution in [0.2, 0.25) is 5.02 Å². The highest BCUT2D eigenvalue weighted by Gasteiger charge is 2.39. The Bertz CT molecular complexity index is 1960. The number of alkyl halides is 6. The van der Waals surface area contributed by atoms with Gasteiger partial charge in [0, 0.05) is 42.4 Å². The minimum absolute atomic E-state index is 0.130. The predicted octanol–water partition coefficient (Wildman–Crippen LogP) is 6.41. The zero-order valence-electron chi connectivity index (χ0n) is 27.5. The lowest BCUT2D eigenvalue weighted by Crippen LogP contribution is -2.40. The third-order valence-electron chi connectivity index (χ3n) is 7.41. The number of aliphatic carboxylic acids is 2. The first-order valence-electron chi connectivity index (χ1n) is 15.6. The second kappa shape index (κ2) is 17.6. The van der Waals surface area contributed by atoms with Gasteiger partial charge in [0.25, 0.3) is 5.91 Å². The maximum Gasteiger partial charge on any atom is 0.490 e. The summed E-state index contributed by atoms with van der Waals surface area (Å²) in [5.74, 6) is -4.73. The van der Waals surface area contributed by atoms with E-state index in [0.29, 0.717) is 54.1 Å². The first kappa shape index (κ1) is 40.6. The van der Waals surface area contributed by atoms with Gasteiger partial charge in [0.15, 0.2) is 5.82 Å². The Balaban J connectivity index is 0.000000396. The van der Waals surface area contributed by atoms with Crippen LogP contribution in [0.25, 0.3) is 0 Å². The average molecular weight is 783 g/mol. The Morgan fingerprint density at radius 1 is 0.852 bits per heavy atom. The van der Waals surface area contributed by atoms with Gasteiger partial charge in [-0.3, -0.25) is 9.78 Å². The van der Waals surface area contributed by atoms with E-state index in [-0.39, 0.29) is 18.0 Å². The van der Waals surface area contributed by atoms with Gasteiger partial charge < -0.3 is 36.4 Å². The van der Waals surface area contributed by atoms with Crippen molar-refractivity contribution in [2.75, 3.05) is 29.0 Å². The third-order valence-corrected chi connectivity index (χ3v) is 7.68. The van der Waals surface area contributed by atoms with Crippen molar-refractivity contribution in [1.29, 1.82) is 0 Å². The first-order chi connectivity index (χ1) is 25.4. The lowest BCUT2D eigenvalue weighted by Gasteiger charge is -2.18. The van der Waals surface area contributed by atoms with Crippen molar-refractivity contribution < 1.29 is 55.7 Å². The van der Waals surface area contributed by atoms with Gasteiger partial charge >= 0.3 is 30.3 Å². The molecule has 14 nitrogen and oxygen atoms in total. The molecule has 2 aliphatic rings. The van der Waals surface area contributed by atoms with E-state index < -0.39 is 24.3 Å². The number of carboxylic acids is 2. The molecule has 0 aliphatic carbocycles. The molecule has 3 amide bonds. The predicted molar refractivity (Wildman–Crippen MR) is 182 cm³/mol. The summed E-state index contributed by atoms with van der Waals surface area (Å²) in [7, 11) is 0. The van der Waals surface area contributed by atoms with E-state index in [1.807, 2.05) is 30.3 Å². The molecule has 1 saturated heterocycles.